The van der Waals surface area contributed by atoms with Crippen molar-refractivity contribution in [3.05, 3.63) is 47.1 Å². The number of benzene rings is 1. The quantitative estimate of drug-likeness (QED) is 0.667. The second kappa shape index (κ2) is 7.53. The molecular weight excluding hydrogens is 342 g/mol. The van der Waals surface area contributed by atoms with Gasteiger partial charge in [-0.1, -0.05) is 23.7 Å². The number of carbonyl (C=O) groups excluding carboxylic acids is 1. The molecule has 3 rings (SSSR count). The van der Waals surface area contributed by atoms with Gasteiger partial charge in [0.2, 0.25) is 5.89 Å². The van der Waals surface area contributed by atoms with Crippen molar-refractivity contribution in [1.29, 1.82) is 0 Å². The average molecular weight is 360 g/mol. The molecule has 0 bridgehead atoms. The number of aromatic nitrogens is 3. The predicted molar refractivity (Wildman–Crippen MR) is 94.2 cm³/mol. The van der Waals surface area contributed by atoms with E-state index < -0.39 is 0 Å². The molecule has 2 aromatic heterocycles. The lowest BCUT2D eigenvalue weighted by atomic mass is 10.1. The lowest BCUT2D eigenvalue weighted by molar-refractivity contribution is -0.143. The third-order valence-corrected chi connectivity index (χ3v) is 3.86. The van der Waals surface area contributed by atoms with E-state index in [1.54, 1.807) is 25.3 Å². The maximum atomic E-state index is 11.7. The van der Waals surface area contributed by atoms with Crippen LogP contribution >= 0.6 is 11.6 Å². The number of hydrogen-bond donors (Lipinski definition) is 1. The van der Waals surface area contributed by atoms with Crippen molar-refractivity contribution in [2.75, 3.05) is 6.61 Å². The molecule has 6 nitrogen and oxygen atoms in total. The van der Waals surface area contributed by atoms with E-state index in [0.717, 1.165) is 11.4 Å². The van der Waals surface area contributed by atoms with Crippen LogP contribution in [0.5, 0.6) is 0 Å². The van der Waals surface area contributed by atoms with E-state index in [-0.39, 0.29) is 12.4 Å². The number of ether oxygens (including phenoxy) is 1. The normalized spacial score (nSPS) is 10.8. The Labute approximate surface area is 150 Å². The first kappa shape index (κ1) is 17.2. The third kappa shape index (κ3) is 4.09. The van der Waals surface area contributed by atoms with Gasteiger partial charge in [0.1, 0.15) is 23.0 Å². The molecule has 0 saturated heterocycles. The minimum absolute atomic E-state index is 0.227. The van der Waals surface area contributed by atoms with Gasteiger partial charge in [-0.05, 0) is 26.0 Å². The standard InChI is InChI=1S/C18H18ClN3O3/c1-3-24-16(23)9-8-15-17(12-4-6-13(19)7-5-12)22-18(25-15)14-10-20-11(2)21-14/h4-7,10H,3,8-9H2,1-2H3,(H,20,21). The fourth-order valence-electron chi connectivity index (χ4n) is 2.45. The second-order valence-electron chi connectivity index (χ2n) is 5.48. The van der Waals surface area contributed by atoms with Crippen LogP contribution in [0.3, 0.4) is 0 Å². The lowest BCUT2D eigenvalue weighted by Gasteiger charge is -2.02. The molecular formula is C18H18ClN3O3. The molecule has 0 aliphatic heterocycles. The van der Waals surface area contributed by atoms with Gasteiger partial charge in [-0.25, -0.2) is 9.97 Å². The molecule has 0 aliphatic carbocycles. The number of halogens is 1. The molecule has 3 aromatic rings. The Kier molecular flexibility index (Phi) is 5.19. The van der Waals surface area contributed by atoms with Gasteiger partial charge in [0.15, 0.2) is 0 Å². The van der Waals surface area contributed by atoms with Crippen LogP contribution in [-0.2, 0) is 16.0 Å². The molecule has 0 aliphatic rings. The van der Waals surface area contributed by atoms with Crippen LogP contribution in [0, 0.1) is 6.92 Å². The number of aryl methyl sites for hydroxylation is 2. The summed E-state index contributed by atoms with van der Waals surface area (Å²) in [7, 11) is 0. The summed E-state index contributed by atoms with van der Waals surface area (Å²) in [6.07, 6.45) is 2.30. The number of hydrogen-bond acceptors (Lipinski definition) is 5. The summed E-state index contributed by atoms with van der Waals surface area (Å²) in [6.45, 7) is 4.00. The van der Waals surface area contributed by atoms with Gasteiger partial charge < -0.3 is 14.1 Å². The zero-order chi connectivity index (χ0) is 17.8. The zero-order valence-electron chi connectivity index (χ0n) is 14.0. The number of carbonyl (C=O) groups is 1. The maximum absolute atomic E-state index is 11.7. The third-order valence-electron chi connectivity index (χ3n) is 3.61. The molecule has 2 heterocycles. The number of imidazole rings is 1. The Hall–Kier alpha value is -2.60. The van der Waals surface area contributed by atoms with E-state index in [1.165, 1.54) is 0 Å². The van der Waals surface area contributed by atoms with E-state index in [9.17, 15) is 4.79 Å². The highest BCUT2D eigenvalue weighted by atomic mass is 35.5. The lowest BCUT2D eigenvalue weighted by Crippen LogP contribution is -2.05. The number of nitrogens with zero attached hydrogens (tertiary/aromatic N) is 2. The van der Waals surface area contributed by atoms with E-state index in [1.807, 2.05) is 19.1 Å². The van der Waals surface area contributed by atoms with Crippen LogP contribution in [0.1, 0.15) is 24.9 Å². The van der Waals surface area contributed by atoms with Gasteiger partial charge in [0.05, 0.1) is 19.2 Å². The fraction of sp³-hybridized carbons (Fsp3) is 0.278. The van der Waals surface area contributed by atoms with Gasteiger partial charge in [-0.15, -0.1) is 0 Å². The molecule has 1 N–H and O–H groups in total. The molecule has 7 heteroatoms. The van der Waals surface area contributed by atoms with Crippen molar-refractivity contribution in [2.45, 2.75) is 26.7 Å². The minimum atomic E-state index is -0.264. The molecule has 0 saturated carbocycles. The van der Waals surface area contributed by atoms with E-state index in [2.05, 4.69) is 15.0 Å². The van der Waals surface area contributed by atoms with Gasteiger partial charge in [0, 0.05) is 17.0 Å². The van der Waals surface area contributed by atoms with Crippen LogP contribution in [-0.4, -0.2) is 27.5 Å². The summed E-state index contributed by atoms with van der Waals surface area (Å²) in [4.78, 5) is 23.5. The number of H-pyrrole nitrogens is 1. The van der Waals surface area contributed by atoms with Crippen molar-refractivity contribution >= 4 is 17.6 Å². The average Bonchev–Trinajstić information content (AvgIpc) is 3.20. The topological polar surface area (TPSA) is 81.0 Å². The van der Waals surface area contributed by atoms with Gasteiger partial charge in [-0.3, -0.25) is 4.79 Å². The molecule has 0 fully saturated rings. The van der Waals surface area contributed by atoms with Crippen LogP contribution in [0.15, 0.2) is 34.9 Å². The summed E-state index contributed by atoms with van der Waals surface area (Å²) in [5.41, 5.74) is 2.24. The summed E-state index contributed by atoms with van der Waals surface area (Å²) in [6, 6.07) is 7.33. The fourth-order valence-corrected chi connectivity index (χ4v) is 2.57. The van der Waals surface area contributed by atoms with Crippen molar-refractivity contribution in [1.82, 2.24) is 15.0 Å². The highest BCUT2D eigenvalue weighted by Gasteiger charge is 2.18. The minimum Gasteiger partial charge on any atom is -0.466 e. The van der Waals surface area contributed by atoms with Crippen molar-refractivity contribution in [2.24, 2.45) is 0 Å². The second-order valence-corrected chi connectivity index (χ2v) is 5.92. The Morgan fingerprint density at radius 1 is 1.32 bits per heavy atom. The molecule has 0 atom stereocenters. The highest BCUT2D eigenvalue weighted by Crippen LogP contribution is 2.30. The molecule has 1 aromatic carbocycles. The summed E-state index contributed by atoms with van der Waals surface area (Å²) < 4.78 is 10.9. The first-order valence-corrected chi connectivity index (χ1v) is 8.38. The highest BCUT2D eigenvalue weighted by molar-refractivity contribution is 6.30. The first-order chi connectivity index (χ1) is 12.1. The molecule has 25 heavy (non-hydrogen) atoms. The summed E-state index contributed by atoms with van der Waals surface area (Å²) in [5, 5.41) is 0.643. The number of nitrogens with one attached hydrogen (secondary N) is 1. The van der Waals surface area contributed by atoms with Crippen LogP contribution in [0.2, 0.25) is 5.02 Å². The first-order valence-electron chi connectivity index (χ1n) is 8.00. The molecule has 0 unspecified atom stereocenters. The molecule has 0 spiro atoms. The van der Waals surface area contributed by atoms with Crippen molar-refractivity contribution in [3.63, 3.8) is 0 Å². The monoisotopic (exact) mass is 359 g/mol. The van der Waals surface area contributed by atoms with E-state index in [0.29, 0.717) is 41.1 Å². The number of aromatic amines is 1. The molecule has 0 amide bonds. The van der Waals surface area contributed by atoms with Crippen molar-refractivity contribution in [3.8, 4) is 22.8 Å². The van der Waals surface area contributed by atoms with Gasteiger partial charge in [0.25, 0.3) is 0 Å². The van der Waals surface area contributed by atoms with E-state index in [4.69, 9.17) is 20.8 Å². The van der Waals surface area contributed by atoms with Crippen LogP contribution in [0.25, 0.3) is 22.8 Å². The molecule has 130 valence electrons. The SMILES string of the molecule is CCOC(=O)CCc1oc(-c2cnc(C)[nH]2)nc1-c1ccc(Cl)cc1. The Bertz CT molecular complexity index is 868. The number of esters is 1. The van der Waals surface area contributed by atoms with Gasteiger partial charge in [-0.2, -0.15) is 0 Å². The largest absolute Gasteiger partial charge is 0.466 e. The van der Waals surface area contributed by atoms with Gasteiger partial charge >= 0.3 is 5.97 Å². The predicted octanol–water partition coefficient (Wildman–Crippen LogP) is 4.19. The van der Waals surface area contributed by atoms with Crippen LogP contribution < -0.4 is 0 Å². The summed E-state index contributed by atoms with van der Waals surface area (Å²) >= 11 is 5.96. The number of oxazole rings is 1. The van der Waals surface area contributed by atoms with Crippen LogP contribution in [0.4, 0.5) is 0 Å². The summed E-state index contributed by atoms with van der Waals surface area (Å²) in [5.74, 6) is 1.57. The Balaban J connectivity index is 1.94. The van der Waals surface area contributed by atoms with Crippen molar-refractivity contribution < 1.29 is 13.9 Å². The maximum Gasteiger partial charge on any atom is 0.306 e. The zero-order valence-corrected chi connectivity index (χ0v) is 14.8. The smallest absolute Gasteiger partial charge is 0.306 e. The van der Waals surface area contributed by atoms with E-state index >= 15 is 0 Å². The Morgan fingerprint density at radius 3 is 2.72 bits per heavy atom. The Morgan fingerprint density at radius 2 is 2.08 bits per heavy atom. The molecule has 0 radical (unpaired) electrons. The number of rotatable bonds is 6.